The van der Waals surface area contributed by atoms with E-state index in [0.717, 1.165) is 29.6 Å². The first-order valence-electron chi connectivity index (χ1n) is 8.98. The first kappa shape index (κ1) is 15.5. The van der Waals surface area contributed by atoms with E-state index in [1.54, 1.807) is 0 Å². The van der Waals surface area contributed by atoms with Crippen LogP contribution in [-0.4, -0.2) is 6.29 Å². The summed E-state index contributed by atoms with van der Waals surface area (Å²) in [5.41, 5.74) is 2.22. The molecule has 2 aliphatic rings. The Morgan fingerprint density at radius 1 is 0.818 bits per heavy atom. The van der Waals surface area contributed by atoms with Crippen LogP contribution in [0.4, 0.5) is 0 Å². The third kappa shape index (κ3) is 3.51. The van der Waals surface area contributed by atoms with Crippen LogP contribution in [0.15, 0.2) is 36.9 Å². The molecule has 2 aliphatic carbocycles. The molecular formula is C21H28O. The van der Waals surface area contributed by atoms with Crippen molar-refractivity contribution >= 4 is 6.29 Å². The Bertz CT molecular complexity index is 485. The molecule has 2 fully saturated rings. The topological polar surface area (TPSA) is 17.1 Å². The molecular weight excluding hydrogens is 268 g/mol. The maximum atomic E-state index is 10.8. The molecule has 3 rings (SSSR count). The van der Waals surface area contributed by atoms with E-state index in [4.69, 9.17) is 0 Å². The summed E-state index contributed by atoms with van der Waals surface area (Å²) >= 11 is 0. The lowest BCUT2D eigenvalue weighted by molar-refractivity contribution is 0.112. The smallest absolute Gasteiger partial charge is 0.150 e. The van der Waals surface area contributed by atoms with Gasteiger partial charge < -0.3 is 0 Å². The number of aldehydes is 1. The average molecular weight is 296 g/mol. The van der Waals surface area contributed by atoms with Gasteiger partial charge in [0.25, 0.3) is 0 Å². The molecule has 1 aromatic carbocycles. The van der Waals surface area contributed by atoms with E-state index in [1.807, 2.05) is 12.1 Å². The molecule has 0 spiro atoms. The Balaban J connectivity index is 1.51. The third-order valence-corrected chi connectivity index (χ3v) is 6.13. The molecule has 0 saturated heterocycles. The lowest BCUT2D eigenvalue weighted by atomic mass is 9.68. The number of rotatable bonds is 4. The Morgan fingerprint density at radius 3 is 1.86 bits per heavy atom. The third-order valence-electron chi connectivity index (χ3n) is 6.13. The maximum absolute atomic E-state index is 10.8. The van der Waals surface area contributed by atoms with Gasteiger partial charge in [-0.1, -0.05) is 30.3 Å². The van der Waals surface area contributed by atoms with Gasteiger partial charge in [0.2, 0.25) is 0 Å². The normalized spacial score (nSPS) is 32.4. The van der Waals surface area contributed by atoms with Gasteiger partial charge in [0.1, 0.15) is 6.29 Å². The van der Waals surface area contributed by atoms with Crippen molar-refractivity contribution in [1.82, 2.24) is 0 Å². The van der Waals surface area contributed by atoms with Gasteiger partial charge in [0.05, 0.1) is 0 Å². The van der Waals surface area contributed by atoms with Crippen molar-refractivity contribution in [2.75, 3.05) is 0 Å². The van der Waals surface area contributed by atoms with E-state index in [0.29, 0.717) is 5.92 Å². The number of carbonyl (C=O) groups is 1. The number of hydrogen-bond donors (Lipinski definition) is 0. The van der Waals surface area contributed by atoms with Crippen LogP contribution >= 0.6 is 0 Å². The Kier molecular flexibility index (Phi) is 5.12. The van der Waals surface area contributed by atoms with E-state index >= 15 is 0 Å². The first-order chi connectivity index (χ1) is 10.8. The number of hydrogen-bond acceptors (Lipinski definition) is 1. The highest BCUT2D eigenvalue weighted by atomic mass is 16.1. The fraction of sp³-hybridized carbons (Fsp3) is 0.571. The zero-order chi connectivity index (χ0) is 15.4. The standard InChI is InChI=1S/C21H28O/c1-2-16-3-7-18(8-4-16)20-11-13-21(14-12-20)19-9-5-17(15-22)6-10-19/h2,5-6,9-10,15-16,18,20-21H,1,3-4,7-8,11-14H2. The molecule has 1 heteroatoms. The average Bonchev–Trinajstić information content (AvgIpc) is 2.62. The van der Waals surface area contributed by atoms with Gasteiger partial charge in [-0.3, -0.25) is 4.79 Å². The van der Waals surface area contributed by atoms with Crippen molar-refractivity contribution in [3.05, 3.63) is 48.0 Å². The molecule has 0 N–H and O–H groups in total. The van der Waals surface area contributed by atoms with Gasteiger partial charge in [0.15, 0.2) is 0 Å². The molecule has 2 saturated carbocycles. The van der Waals surface area contributed by atoms with Crippen molar-refractivity contribution in [3.63, 3.8) is 0 Å². The summed E-state index contributed by atoms with van der Waals surface area (Å²) in [6.07, 6.45) is 14.1. The highest BCUT2D eigenvalue weighted by molar-refractivity contribution is 5.74. The molecule has 1 nitrogen and oxygen atoms in total. The summed E-state index contributed by atoms with van der Waals surface area (Å²) in [6, 6.07) is 8.24. The molecule has 0 radical (unpaired) electrons. The van der Waals surface area contributed by atoms with Crippen molar-refractivity contribution in [1.29, 1.82) is 0 Å². The zero-order valence-electron chi connectivity index (χ0n) is 13.5. The van der Waals surface area contributed by atoms with Crippen LogP contribution in [-0.2, 0) is 0 Å². The number of allylic oxidation sites excluding steroid dienone is 1. The van der Waals surface area contributed by atoms with Gasteiger partial charge in [-0.05, 0) is 80.6 Å². The second kappa shape index (κ2) is 7.26. The van der Waals surface area contributed by atoms with E-state index in [-0.39, 0.29) is 0 Å². The number of carbonyl (C=O) groups excluding carboxylic acids is 1. The maximum Gasteiger partial charge on any atom is 0.150 e. The Labute approximate surface area is 134 Å². The van der Waals surface area contributed by atoms with Gasteiger partial charge in [-0.25, -0.2) is 0 Å². The van der Waals surface area contributed by atoms with Crippen molar-refractivity contribution in [2.45, 2.75) is 57.3 Å². The van der Waals surface area contributed by atoms with E-state index in [9.17, 15) is 4.79 Å². The van der Waals surface area contributed by atoms with Crippen molar-refractivity contribution in [2.24, 2.45) is 17.8 Å². The van der Waals surface area contributed by atoms with Crippen LogP contribution < -0.4 is 0 Å². The minimum absolute atomic E-state index is 0.710. The molecule has 0 aromatic heterocycles. The lowest BCUT2D eigenvalue weighted by Crippen LogP contribution is -2.25. The molecule has 1 aromatic rings. The summed E-state index contributed by atoms with van der Waals surface area (Å²) in [4.78, 5) is 10.8. The quantitative estimate of drug-likeness (QED) is 0.509. The summed E-state index contributed by atoms with van der Waals surface area (Å²) in [6.45, 7) is 3.96. The fourth-order valence-electron chi connectivity index (χ4n) is 4.62. The molecule has 0 amide bonds. The fourth-order valence-corrected chi connectivity index (χ4v) is 4.62. The Hall–Kier alpha value is -1.37. The van der Waals surface area contributed by atoms with Crippen molar-refractivity contribution in [3.8, 4) is 0 Å². The first-order valence-corrected chi connectivity index (χ1v) is 8.98. The van der Waals surface area contributed by atoms with Crippen LogP contribution in [0.25, 0.3) is 0 Å². The SMILES string of the molecule is C=CC1CCC(C2CCC(c3ccc(C=O)cc3)CC2)CC1. The highest BCUT2D eigenvalue weighted by Gasteiger charge is 2.30. The lowest BCUT2D eigenvalue weighted by Gasteiger charge is -2.37. The second-order valence-corrected chi connectivity index (χ2v) is 7.31. The van der Waals surface area contributed by atoms with E-state index in [1.165, 1.54) is 56.9 Å². The second-order valence-electron chi connectivity index (χ2n) is 7.31. The summed E-state index contributed by atoms with van der Waals surface area (Å²) in [5.74, 6) is 3.41. The largest absolute Gasteiger partial charge is 0.298 e. The molecule has 118 valence electrons. The predicted molar refractivity (Wildman–Crippen MR) is 92.2 cm³/mol. The van der Waals surface area contributed by atoms with Crippen molar-refractivity contribution < 1.29 is 4.79 Å². The molecule has 0 atom stereocenters. The Morgan fingerprint density at radius 2 is 1.36 bits per heavy atom. The van der Waals surface area contributed by atoms with Gasteiger partial charge in [-0.2, -0.15) is 0 Å². The highest BCUT2D eigenvalue weighted by Crippen LogP contribution is 2.43. The molecule has 0 heterocycles. The molecule has 0 aliphatic heterocycles. The molecule has 0 unspecified atom stereocenters. The van der Waals surface area contributed by atoms with Crippen LogP contribution in [0.5, 0.6) is 0 Å². The van der Waals surface area contributed by atoms with Crippen LogP contribution in [0.3, 0.4) is 0 Å². The van der Waals surface area contributed by atoms with Gasteiger partial charge in [0, 0.05) is 5.56 Å². The van der Waals surface area contributed by atoms with E-state index in [2.05, 4.69) is 24.8 Å². The predicted octanol–water partition coefficient (Wildman–Crippen LogP) is 5.77. The zero-order valence-corrected chi connectivity index (χ0v) is 13.5. The van der Waals surface area contributed by atoms with E-state index < -0.39 is 0 Å². The summed E-state index contributed by atoms with van der Waals surface area (Å²) in [7, 11) is 0. The monoisotopic (exact) mass is 296 g/mol. The molecule has 0 bridgehead atoms. The van der Waals surface area contributed by atoms with Gasteiger partial charge >= 0.3 is 0 Å². The van der Waals surface area contributed by atoms with Crippen LogP contribution in [0.1, 0.15) is 73.2 Å². The minimum atomic E-state index is 0.710. The minimum Gasteiger partial charge on any atom is -0.298 e. The summed E-state index contributed by atoms with van der Waals surface area (Å²) < 4.78 is 0. The molecule has 22 heavy (non-hydrogen) atoms. The number of benzene rings is 1. The summed E-state index contributed by atoms with van der Waals surface area (Å²) in [5, 5.41) is 0. The van der Waals surface area contributed by atoms with Gasteiger partial charge in [-0.15, -0.1) is 6.58 Å². The van der Waals surface area contributed by atoms with Crippen LogP contribution in [0, 0.1) is 17.8 Å². The van der Waals surface area contributed by atoms with Crippen LogP contribution in [0.2, 0.25) is 0 Å².